The van der Waals surface area contributed by atoms with Crippen molar-refractivity contribution in [2.75, 3.05) is 6.54 Å². The van der Waals surface area contributed by atoms with Gasteiger partial charge in [-0.15, -0.1) is 0 Å². The molecule has 0 aliphatic rings. The van der Waals surface area contributed by atoms with Gasteiger partial charge in [0.05, 0.1) is 18.3 Å². The van der Waals surface area contributed by atoms with Crippen molar-refractivity contribution in [3.05, 3.63) is 35.9 Å². The van der Waals surface area contributed by atoms with E-state index in [2.05, 4.69) is 5.32 Å². The molecular formula is C13H21NO3. The van der Waals surface area contributed by atoms with Crippen LogP contribution in [-0.2, 0) is 6.54 Å². The van der Waals surface area contributed by atoms with Crippen LogP contribution in [0.2, 0.25) is 0 Å². The molecule has 1 aromatic rings. The van der Waals surface area contributed by atoms with Gasteiger partial charge in [0.15, 0.2) is 0 Å². The van der Waals surface area contributed by atoms with Crippen molar-refractivity contribution in [3.63, 3.8) is 0 Å². The van der Waals surface area contributed by atoms with E-state index >= 15 is 0 Å². The van der Waals surface area contributed by atoms with Crippen LogP contribution in [0.3, 0.4) is 0 Å². The average Bonchev–Trinajstić information content (AvgIpc) is 2.30. The highest BCUT2D eigenvalue weighted by Gasteiger charge is 2.15. The molecule has 0 saturated carbocycles. The standard InChI is InChI=1S/C13H21NO3/c1-10(15)13(17)7-12(16)9-14-8-11-5-3-2-4-6-11/h2-6,10,12-17H,7-9H2,1H3/t10-,12-,13+/m0/s1. The Bertz CT molecular complexity index is 303. The van der Waals surface area contributed by atoms with Crippen LogP contribution in [0.15, 0.2) is 30.3 Å². The fourth-order valence-electron chi connectivity index (χ4n) is 1.54. The van der Waals surface area contributed by atoms with E-state index in [1.54, 1.807) is 0 Å². The van der Waals surface area contributed by atoms with E-state index in [-0.39, 0.29) is 6.42 Å². The quantitative estimate of drug-likeness (QED) is 0.551. The summed E-state index contributed by atoms with van der Waals surface area (Å²) in [6.07, 6.45) is -2.15. The van der Waals surface area contributed by atoms with Gasteiger partial charge in [-0.2, -0.15) is 0 Å². The maximum absolute atomic E-state index is 9.61. The van der Waals surface area contributed by atoms with Gasteiger partial charge in [-0.1, -0.05) is 30.3 Å². The van der Waals surface area contributed by atoms with E-state index in [0.717, 1.165) is 5.56 Å². The Morgan fingerprint density at radius 3 is 2.35 bits per heavy atom. The maximum Gasteiger partial charge on any atom is 0.0821 e. The summed E-state index contributed by atoms with van der Waals surface area (Å²) in [6, 6.07) is 9.89. The number of hydrogen-bond donors (Lipinski definition) is 4. The fraction of sp³-hybridized carbons (Fsp3) is 0.538. The zero-order valence-electron chi connectivity index (χ0n) is 10.1. The van der Waals surface area contributed by atoms with Crippen molar-refractivity contribution >= 4 is 0 Å². The highest BCUT2D eigenvalue weighted by Crippen LogP contribution is 2.03. The predicted octanol–water partition coefficient (Wildman–Crippen LogP) is 0.269. The molecule has 0 bridgehead atoms. The normalized spacial score (nSPS) is 16.5. The van der Waals surface area contributed by atoms with Gasteiger partial charge in [-0.25, -0.2) is 0 Å². The monoisotopic (exact) mass is 239 g/mol. The predicted molar refractivity (Wildman–Crippen MR) is 66.5 cm³/mol. The molecule has 17 heavy (non-hydrogen) atoms. The van der Waals surface area contributed by atoms with Crippen molar-refractivity contribution in [2.24, 2.45) is 0 Å². The lowest BCUT2D eigenvalue weighted by molar-refractivity contribution is -0.00264. The first kappa shape index (κ1) is 14.1. The van der Waals surface area contributed by atoms with Crippen LogP contribution in [0.4, 0.5) is 0 Å². The van der Waals surface area contributed by atoms with Crippen molar-refractivity contribution in [3.8, 4) is 0 Å². The van der Waals surface area contributed by atoms with Crippen molar-refractivity contribution in [1.82, 2.24) is 5.32 Å². The number of nitrogens with one attached hydrogen (secondary N) is 1. The second-order valence-electron chi connectivity index (χ2n) is 4.31. The van der Waals surface area contributed by atoms with Gasteiger partial charge in [-0.3, -0.25) is 0 Å². The minimum absolute atomic E-state index is 0.180. The molecule has 4 nitrogen and oxygen atoms in total. The molecule has 0 aliphatic carbocycles. The van der Waals surface area contributed by atoms with E-state index in [1.165, 1.54) is 6.92 Å². The maximum atomic E-state index is 9.61. The molecule has 0 unspecified atom stereocenters. The number of hydrogen-bond acceptors (Lipinski definition) is 4. The highest BCUT2D eigenvalue weighted by atomic mass is 16.3. The summed E-state index contributed by atoms with van der Waals surface area (Å²) in [4.78, 5) is 0. The Morgan fingerprint density at radius 1 is 1.12 bits per heavy atom. The first-order chi connectivity index (χ1) is 8.09. The van der Waals surface area contributed by atoms with Crippen LogP contribution in [0.5, 0.6) is 0 Å². The number of aliphatic hydroxyl groups is 3. The fourth-order valence-corrected chi connectivity index (χ4v) is 1.54. The van der Waals surface area contributed by atoms with E-state index in [0.29, 0.717) is 13.1 Å². The molecule has 0 spiro atoms. The van der Waals surface area contributed by atoms with Gasteiger partial charge >= 0.3 is 0 Å². The molecule has 0 fully saturated rings. The molecule has 4 heteroatoms. The van der Waals surface area contributed by atoms with Gasteiger partial charge in [0.1, 0.15) is 0 Å². The third-order valence-electron chi connectivity index (χ3n) is 2.62. The summed E-state index contributed by atoms with van der Waals surface area (Å²) < 4.78 is 0. The zero-order chi connectivity index (χ0) is 12.7. The molecule has 0 saturated heterocycles. The Labute approximate surface area is 102 Å². The van der Waals surface area contributed by atoms with Crippen molar-refractivity contribution in [1.29, 1.82) is 0 Å². The largest absolute Gasteiger partial charge is 0.392 e. The second-order valence-corrected chi connectivity index (χ2v) is 4.31. The average molecular weight is 239 g/mol. The second kappa shape index (κ2) is 7.40. The van der Waals surface area contributed by atoms with Gasteiger partial charge in [0.2, 0.25) is 0 Å². The molecule has 0 aromatic heterocycles. The van der Waals surface area contributed by atoms with Crippen molar-refractivity contribution < 1.29 is 15.3 Å². The van der Waals surface area contributed by atoms with Gasteiger partial charge in [0, 0.05) is 19.5 Å². The molecule has 0 aliphatic heterocycles. The SMILES string of the molecule is C[C@H](O)[C@H](O)C[C@H](O)CNCc1ccccc1. The third kappa shape index (κ3) is 5.79. The lowest BCUT2D eigenvalue weighted by atomic mass is 10.1. The van der Waals surface area contributed by atoms with Crippen LogP contribution in [0.1, 0.15) is 18.9 Å². The Kier molecular flexibility index (Phi) is 6.15. The van der Waals surface area contributed by atoms with Gasteiger partial charge in [0.25, 0.3) is 0 Å². The van der Waals surface area contributed by atoms with Gasteiger partial charge in [-0.05, 0) is 12.5 Å². The molecule has 0 amide bonds. The van der Waals surface area contributed by atoms with E-state index < -0.39 is 18.3 Å². The van der Waals surface area contributed by atoms with Gasteiger partial charge < -0.3 is 20.6 Å². The molecule has 1 rings (SSSR count). The van der Waals surface area contributed by atoms with E-state index in [1.807, 2.05) is 30.3 Å². The summed E-state index contributed by atoms with van der Waals surface area (Å²) in [5, 5.41) is 31.2. The smallest absolute Gasteiger partial charge is 0.0821 e. The summed E-state index contributed by atoms with van der Waals surface area (Å²) in [5.41, 5.74) is 1.15. The molecule has 0 radical (unpaired) electrons. The molecule has 3 atom stereocenters. The first-order valence-corrected chi connectivity index (χ1v) is 5.88. The summed E-state index contributed by atoms with van der Waals surface area (Å²) in [7, 11) is 0. The minimum Gasteiger partial charge on any atom is -0.392 e. The molecule has 96 valence electrons. The van der Waals surface area contributed by atoms with Crippen molar-refractivity contribution in [2.45, 2.75) is 38.2 Å². The van der Waals surface area contributed by atoms with E-state index in [4.69, 9.17) is 5.11 Å². The summed E-state index contributed by atoms with van der Waals surface area (Å²) in [6.45, 7) is 2.59. The lowest BCUT2D eigenvalue weighted by Crippen LogP contribution is -2.33. The molecule has 4 N–H and O–H groups in total. The van der Waals surface area contributed by atoms with Crippen LogP contribution in [0.25, 0.3) is 0 Å². The highest BCUT2D eigenvalue weighted by molar-refractivity contribution is 5.14. The van der Waals surface area contributed by atoms with Crippen LogP contribution < -0.4 is 5.32 Å². The topological polar surface area (TPSA) is 72.7 Å². The summed E-state index contributed by atoms with van der Waals surface area (Å²) in [5.74, 6) is 0. The Balaban J connectivity index is 2.18. The zero-order valence-corrected chi connectivity index (χ0v) is 10.1. The number of benzene rings is 1. The Morgan fingerprint density at radius 2 is 1.76 bits per heavy atom. The lowest BCUT2D eigenvalue weighted by Gasteiger charge is -2.18. The first-order valence-electron chi connectivity index (χ1n) is 5.88. The van der Waals surface area contributed by atoms with E-state index in [9.17, 15) is 10.2 Å². The summed E-state index contributed by atoms with van der Waals surface area (Å²) >= 11 is 0. The van der Waals surface area contributed by atoms with Crippen LogP contribution in [0, 0.1) is 0 Å². The molecular weight excluding hydrogens is 218 g/mol. The number of aliphatic hydroxyl groups excluding tert-OH is 3. The minimum atomic E-state index is -0.872. The number of rotatable bonds is 7. The molecule has 0 heterocycles. The van der Waals surface area contributed by atoms with Crippen LogP contribution in [-0.4, -0.2) is 40.2 Å². The van der Waals surface area contributed by atoms with Crippen LogP contribution >= 0.6 is 0 Å². The Hall–Kier alpha value is -0.940. The molecule has 1 aromatic carbocycles. The third-order valence-corrected chi connectivity index (χ3v) is 2.62.